The van der Waals surface area contributed by atoms with Gasteiger partial charge in [0, 0.05) is 78.8 Å². The van der Waals surface area contributed by atoms with Gasteiger partial charge in [0.15, 0.2) is 25.2 Å². The van der Waals surface area contributed by atoms with Crippen molar-refractivity contribution in [3.05, 3.63) is 29.8 Å². The maximum atomic E-state index is 15.1. The number of ether oxygens (including phenoxy) is 13. The van der Waals surface area contributed by atoms with Gasteiger partial charge in [-0.05, 0) is 30.7 Å². The molecule has 48 nitrogen and oxygen atoms in total. The van der Waals surface area contributed by atoms with Crippen LogP contribution >= 0.6 is 12.9 Å². The van der Waals surface area contributed by atoms with Crippen LogP contribution in [0.2, 0.25) is 0 Å². The van der Waals surface area contributed by atoms with Crippen LogP contribution < -0.4 is 52.0 Å². The Kier molecular flexibility index (Phi) is 47.0. The van der Waals surface area contributed by atoms with Gasteiger partial charge >= 0.3 is 0 Å². The second kappa shape index (κ2) is 54.8. The van der Waals surface area contributed by atoms with E-state index in [-0.39, 0.29) is 130 Å². The topological polar surface area (TPSA) is 675 Å². The molecule has 4 saturated heterocycles. The zero-order valence-corrected chi connectivity index (χ0v) is 67.0. The van der Waals surface area contributed by atoms with E-state index in [4.69, 9.17) is 65.8 Å². The maximum absolute atomic E-state index is 15.1. The Bertz CT molecular complexity index is 3200. The second-order valence-electron chi connectivity index (χ2n) is 27.3. The first-order valence-electron chi connectivity index (χ1n) is 38.2. The average Bonchev–Trinajstić information content (AvgIpc) is 0.825. The third kappa shape index (κ3) is 35.1. The van der Waals surface area contributed by atoms with Crippen LogP contribution in [0.15, 0.2) is 24.3 Å². The monoisotopic (exact) mass is 1730 g/mol. The number of nitrogens with zero attached hydrogens (tertiary/aromatic N) is 2. The number of amides is 11. The molecule has 4 aliphatic heterocycles. The van der Waals surface area contributed by atoms with Crippen LogP contribution in [0.4, 0.5) is 0 Å². The number of carbonyl (C=O) groups is 11. The minimum absolute atomic E-state index is 0.00784. The van der Waals surface area contributed by atoms with Crippen LogP contribution in [0.1, 0.15) is 50.9 Å². The van der Waals surface area contributed by atoms with Gasteiger partial charge in [-0.15, -0.1) is 0 Å². The van der Waals surface area contributed by atoms with Crippen LogP contribution in [-0.2, 0) is 110 Å². The third-order valence-electron chi connectivity index (χ3n) is 18.2. The summed E-state index contributed by atoms with van der Waals surface area (Å²) in [5.41, 5.74) is -0.0686. The highest BCUT2D eigenvalue weighted by Crippen LogP contribution is 2.27. The Morgan fingerprint density at radius 3 is 0.924 bits per heavy atom. The van der Waals surface area contributed by atoms with Crippen molar-refractivity contribution in [1.29, 1.82) is 0 Å². The first kappa shape index (κ1) is 102. The van der Waals surface area contributed by atoms with Gasteiger partial charge in [0.05, 0.1) is 119 Å². The molecule has 4 aliphatic rings. The lowest BCUT2D eigenvalue weighted by molar-refractivity contribution is -0.272. The van der Waals surface area contributed by atoms with E-state index in [2.05, 4.69) is 60.8 Å². The number of hydrogen-bond donors (Lipinski definition) is 22. The molecule has 0 spiro atoms. The first-order chi connectivity index (χ1) is 56.9. The standard InChI is InChI=1S/C70H115N11O37S/c1-37(86)75-53-61(99)57(95)44(33-82)114-67(53)110-25-21-106-16-12-72-49(91)30-80(29-48(90)71-11-15-105-19-20-109-24-28-113-70-56(78-40(4)89)64(102)60(98)47(36-85)117-70)52(94)10-9-43(79-65(103)41-5-7-42(118-119)8-6-41)66(104)81(31-50(92)73-13-17-107-22-26-111-68-54(76-38(2)87)62(100)58(96)45(34-83)115-68)32-51(93)74-14-18-108-23-27-112-69-55(77-39(3)88)63(101)59(97)46(35-84)116-69/h5-8,43-47,53-64,67-70,82-85,95-102,119H,9-36H2,1-4H3,(H,71,90)(H,72,91)(H,73,92)(H,74,93)(H,75,86)(H,76,87)(H,77,88)(H,78,89)(H,79,103). The Morgan fingerprint density at radius 1 is 0.387 bits per heavy atom. The van der Waals surface area contributed by atoms with Gasteiger partial charge in [-0.2, -0.15) is 0 Å². The minimum Gasteiger partial charge on any atom is -0.429 e. The van der Waals surface area contributed by atoms with E-state index >= 15 is 4.79 Å². The van der Waals surface area contributed by atoms with Crippen molar-refractivity contribution in [2.24, 2.45) is 0 Å². The molecule has 1 aromatic rings. The van der Waals surface area contributed by atoms with Gasteiger partial charge in [0.25, 0.3) is 5.91 Å². The van der Waals surface area contributed by atoms with Crippen molar-refractivity contribution in [2.45, 2.75) is 169 Å². The lowest BCUT2D eigenvalue weighted by Crippen LogP contribution is -2.64. The predicted molar refractivity (Wildman–Crippen MR) is 401 cm³/mol. The van der Waals surface area contributed by atoms with E-state index in [1.807, 2.05) is 0 Å². The molecule has 119 heavy (non-hydrogen) atoms. The fraction of sp³-hybridized carbons (Fsp3) is 0.757. The largest absolute Gasteiger partial charge is 0.429 e. The quantitative estimate of drug-likeness (QED) is 0.0164. The molecular weight excluding hydrogens is 1620 g/mol. The molecule has 49 heteroatoms. The van der Waals surface area contributed by atoms with Gasteiger partial charge in [-0.3, -0.25) is 52.7 Å². The summed E-state index contributed by atoms with van der Waals surface area (Å²) in [5.74, 6) is -8.59. The number of benzene rings is 1. The third-order valence-corrected chi connectivity index (χ3v) is 18.4. The van der Waals surface area contributed by atoms with Crippen molar-refractivity contribution in [3.63, 3.8) is 0 Å². The molecule has 21 atom stereocenters. The molecule has 0 aliphatic carbocycles. The highest BCUT2D eigenvalue weighted by Gasteiger charge is 2.49. The normalized spacial score (nSPS) is 27.0. The number of aliphatic hydroxyl groups is 12. The molecule has 0 radical (unpaired) electrons. The van der Waals surface area contributed by atoms with Crippen molar-refractivity contribution >= 4 is 77.9 Å². The number of nitrogens with one attached hydrogen (secondary N) is 9. The molecule has 21 unspecified atom stereocenters. The average molecular weight is 1730 g/mol. The predicted octanol–water partition coefficient (Wildman–Crippen LogP) is -13.2. The fourth-order valence-corrected chi connectivity index (χ4v) is 12.3. The van der Waals surface area contributed by atoms with E-state index < -0.39 is 259 Å². The van der Waals surface area contributed by atoms with Crippen molar-refractivity contribution in [2.75, 3.05) is 171 Å². The summed E-state index contributed by atoms with van der Waals surface area (Å²) < 4.78 is 77.6. The minimum atomic E-state index is -1.80. The Morgan fingerprint density at radius 2 is 0.655 bits per heavy atom. The van der Waals surface area contributed by atoms with E-state index in [0.29, 0.717) is 0 Å². The summed E-state index contributed by atoms with van der Waals surface area (Å²) in [6, 6.07) is -1.41. The summed E-state index contributed by atoms with van der Waals surface area (Å²) in [4.78, 5) is 148. The highest BCUT2D eigenvalue weighted by molar-refractivity contribution is 7.75. The van der Waals surface area contributed by atoms with E-state index in [1.165, 1.54) is 31.2 Å². The molecule has 5 rings (SSSR count). The van der Waals surface area contributed by atoms with E-state index in [9.17, 15) is 109 Å². The smallest absolute Gasteiger partial charge is 0.251 e. The number of carbonyl (C=O) groups excluding carboxylic acids is 11. The number of hydrogen-bond acceptors (Lipinski definition) is 38. The zero-order valence-electron chi connectivity index (χ0n) is 66.1. The van der Waals surface area contributed by atoms with E-state index in [0.717, 1.165) is 30.6 Å². The molecule has 678 valence electrons. The van der Waals surface area contributed by atoms with Gasteiger partial charge in [0.1, 0.15) is 135 Å². The number of aliphatic hydroxyl groups excluding tert-OH is 12. The van der Waals surface area contributed by atoms with Crippen LogP contribution in [0.3, 0.4) is 0 Å². The van der Waals surface area contributed by atoms with Crippen LogP contribution in [0, 0.1) is 0 Å². The molecule has 0 bridgehead atoms. The lowest BCUT2D eigenvalue weighted by Gasteiger charge is -2.42. The lowest BCUT2D eigenvalue weighted by atomic mass is 9.97. The van der Waals surface area contributed by atoms with E-state index in [1.54, 1.807) is 0 Å². The summed E-state index contributed by atoms with van der Waals surface area (Å²) in [5, 5.41) is 145. The van der Waals surface area contributed by atoms with Gasteiger partial charge in [-0.1, -0.05) is 0 Å². The maximum Gasteiger partial charge on any atom is 0.251 e. The van der Waals surface area contributed by atoms with Crippen LogP contribution in [-0.4, -0.2) is 436 Å². The Hall–Kier alpha value is -7.46. The van der Waals surface area contributed by atoms with Gasteiger partial charge in [0.2, 0.25) is 59.1 Å². The molecule has 0 aromatic heterocycles. The fourth-order valence-electron chi connectivity index (χ4n) is 12.2. The Balaban J connectivity index is 1.29. The zero-order chi connectivity index (χ0) is 87.7. The van der Waals surface area contributed by atoms with Crippen molar-refractivity contribution in [1.82, 2.24) is 57.7 Å². The number of thiol groups is 1. The highest BCUT2D eigenvalue weighted by atomic mass is 32.1. The molecule has 11 amide bonds. The van der Waals surface area contributed by atoms with Crippen molar-refractivity contribution in [3.8, 4) is 5.75 Å². The summed E-state index contributed by atoms with van der Waals surface area (Å²) in [6.07, 6.45) is -24.3. The van der Waals surface area contributed by atoms with Gasteiger partial charge in [-0.25, -0.2) is 0 Å². The second-order valence-corrected chi connectivity index (χ2v) is 27.5. The van der Waals surface area contributed by atoms with Crippen LogP contribution in [0.5, 0.6) is 5.75 Å². The SMILES string of the molecule is CC(=O)NC1C(OCCOCCNC(=O)CN(CC(=O)NCCOCCOCCOC2OC(CO)C(O)C(O)C2NC(C)=O)C(=O)CCC(NC(=O)c2ccc(OS)cc2)C(=O)N(CC(=O)NCCOCCOC2OC(CO)C(O)C(O)C2NC(C)=O)CC(=O)NCCOCCOC2OC(CO)C(O)C(O)C2NC(C)=O)OC(CO)C(O)C1O. The molecule has 21 N–H and O–H groups in total. The molecule has 1 aromatic carbocycles. The first-order valence-corrected chi connectivity index (χ1v) is 38.5. The summed E-state index contributed by atoms with van der Waals surface area (Å²) >= 11 is 3.78. The molecular formula is C70H115N11O37S. The summed E-state index contributed by atoms with van der Waals surface area (Å²) in [6.45, 7) is -4.58. The molecule has 4 heterocycles. The van der Waals surface area contributed by atoms with Crippen LogP contribution in [0.25, 0.3) is 0 Å². The Labute approximate surface area is 688 Å². The molecule has 4 fully saturated rings. The van der Waals surface area contributed by atoms with Crippen molar-refractivity contribution < 1.29 is 180 Å². The molecule has 0 saturated carbocycles. The number of rotatable bonds is 54. The summed E-state index contributed by atoms with van der Waals surface area (Å²) in [7, 11) is 0. The van der Waals surface area contributed by atoms with Gasteiger partial charge < -0.3 is 185 Å².